The molecule has 25 heavy (non-hydrogen) atoms. The van der Waals surface area contributed by atoms with Crippen LogP contribution in [0.15, 0.2) is 23.8 Å². The first kappa shape index (κ1) is 17.8. The fourth-order valence-electron chi connectivity index (χ4n) is 7.30. The van der Waals surface area contributed by atoms with Gasteiger partial charge in [0.15, 0.2) is 0 Å². The first-order valence-corrected chi connectivity index (χ1v) is 10.6. The Morgan fingerprint density at radius 3 is 2.76 bits per heavy atom. The van der Waals surface area contributed by atoms with E-state index in [1.54, 1.807) is 0 Å². The van der Waals surface area contributed by atoms with Crippen LogP contribution in [0.1, 0.15) is 72.1 Å². The summed E-state index contributed by atoms with van der Waals surface area (Å²) < 4.78 is 0. The van der Waals surface area contributed by atoms with Gasteiger partial charge in [0.25, 0.3) is 0 Å². The highest BCUT2D eigenvalue weighted by Crippen LogP contribution is 2.66. The topological polar surface area (TPSA) is 40.5 Å². The van der Waals surface area contributed by atoms with Crippen LogP contribution in [0.25, 0.3) is 0 Å². The molecule has 4 rings (SSSR count). The largest absolute Gasteiger partial charge is 0.393 e. The zero-order valence-electron chi connectivity index (χ0n) is 16.2. The molecule has 3 fully saturated rings. The Balaban J connectivity index is 1.69. The predicted octanol–water partition coefficient (Wildman–Crippen LogP) is 4.86. The Labute approximate surface area is 153 Å². The van der Waals surface area contributed by atoms with Crippen molar-refractivity contribution in [3.63, 3.8) is 0 Å². The second-order valence-electron chi connectivity index (χ2n) is 9.87. The number of rotatable bonds is 2. The first-order chi connectivity index (χ1) is 11.9. The molecule has 4 aliphatic carbocycles. The molecule has 0 spiro atoms. The third-order valence-corrected chi connectivity index (χ3v) is 8.71. The third-order valence-electron chi connectivity index (χ3n) is 8.71. The third kappa shape index (κ3) is 2.58. The number of hydrogen-bond acceptors (Lipinski definition) is 2. The minimum atomic E-state index is -0.142. The van der Waals surface area contributed by atoms with Crippen molar-refractivity contribution in [3.8, 4) is 0 Å². The highest BCUT2D eigenvalue weighted by Gasteiger charge is 2.60. The number of aliphatic hydroxyl groups excluding tert-OH is 2. The summed E-state index contributed by atoms with van der Waals surface area (Å²) >= 11 is 0. The SMILES string of the molecule is CCC=CC1CC(O)[C@@]2(C)CC[C@@H]3[C@@H](CC=C4CC(O)CC[C@@]43C)[C@H]12. The molecule has 0 saturated heterocycles. The highest BCUT2D eigenvalue weighted by atomic mass is 16.3. The van der Waals surface area contributed by atoms with Crippen LogP contribution in [-0.4, -0.2) is 22.4 Å². The van der Waals surface area contributed by atoms with Crippen molar-refractivity contribution in [2.75, 3.05) is 0 Å². The monoisotopic (exact) mass is 344 g/mol. The van der Waals surface area contributed by atoms with Gasteiger partial charge >= 0.3 is 0 Å². The average molecular weight is 345 g/mol. The molecule has 0 aromatic rings. The van der Waals surface area contributed by atoms with Gasteiger partial charge < -0.3 is 10.2 Å². The van der Waals surface area contributed by atoms with E-state index >= 15 is 0 Å². The minimum absolute atomic E-state index is 0.0970. The van der Waals surface area contributed by atoms with Crippen LogP contribution in [0.3, 0.4) is 0 Å². The average Bonchev–Trinajstić information content (AvgIpc) is 2.84. The molecule has 3 saturated carbocycles. The van der Waals surface area contributed by atoms with E-state index in [1.807, 2.05) is 0 Å². The summed E-state index contributed by atoms with van der Waals surface area (Å²) in [6.07, 6.45) is 15.6. The van der Waals surface area contributed by atoms with Crippen molar-refractivity contribution in [1.82, 2.24) is 0 Å². The van der Waals surface area contributed by atoms with E-state index in [1.165, 1.54) is 18.4 Å². The van der Waals surface area contributed by atoms with Crippen molar-refractivity contribution in [3.05, 3.63) is 23.8 Å². The quantitative estimate of drug-likeness (QED) is 0.702. The number of hydrogen-bond donors (Lipinski definition) is 2. The molecule has 140 valence electrons. The van der Waals surface area contributed by atoms with Crippen molar-refractivity contribution < 1.29 is 10.2 Å². The smallest absolute Gasteiger partial charge is 0.0602 e. The van der Waals surface area contributed by atoms with Gasteiger partial charge in [-0.15, -0.1) is 0 Å². The Hall–Kier alpha value is -0.600. The standard InChI is InChI=1S/C23H36O2/c1-4-5-6-15-13-20(25)23(3)12-10-19-18(21(15)23)8-7-16-14-17(24)9-11-22(16,19)2/h5-7,15,17-21,24-25H,4,8-14H2,1-3H3/t15?,17?,18-,19-,20?,21+,22+,23-/m1/s1. The van der Waals surface area contributed by atoms with Gasteiger partial charge in [-0.3, -0.25) is 0 Å². The molecular weight excluding hydrogens is 308 g/mol. The Morgan fingerprint density at radius 2 is 2.00 bits per heavy atom. The fraction of sp³-hybridized carbons (Fsp3) is 0.826. The normalized spacial score (nSPS) is 52.4. The van der Waals surface area contributed by atoms with Crippen LogP contribution in [0.2, 0.25) is 0 Å². The molecule has 0 bridgehead atoms. The summed E-state index contributed by atoms with van der Waals surface area (Å²) in [7, 11) is 0. The van der Waals surface area contributed by atoms with Gasteiger partial charge in [0.2, 0.25) is 0 Å². The minimum Gasteiger partial charge on any atom is -0.393 e. The van der Waals surface area contributed by atoms with Gasteiger partial charge in [-0.25, -0.2) is 0 Å². The van der Waals surface area contributed by atoms with E-state index in [9.17, 15) is 10.2 Å². The molecule has 0 radical (unpaired) electrons. The Bertz CT molecular complexity index is 579. The Morgan fingerprint density at radius 1 is 1.20 bits per heavy atom. The molecule has 8 atom stereocenters. The lowest BCUT2D eigenvalue weighted by Gasteiger charge is -2.58. The molecule has 4 aliphatic rings. The lowest BCUT2D eigenvalue weighted by atomic mass is 9.47. The zero-order valence-corrected chi connectivity index (χ0v) is 16.2. The summed E-state index contributed by atoms with van der Waals surface area (Å²) in [5.41, 5.74) is 1.92. The maximum Gasteiger partial charge on any atom is 0.0602 e. The van der Waals surface area contributed by atoms with E-state index in [4.69, 9.17) is 0 Å². The van der Waals surface area contributed by atoms with E-state index in [-0.39, 0.29) is 23.0 Å². The van der Waals surface area contributed by atoms with Gasteiger partial charge in [0.1, 0.15) is 0 Å². The van der Waals surface area contributed by atoms with Crippen LogP contribution >= 0.6 is 0 Å². The molecular formula is C23H36O2. The second kappa shape index (κ2) is 6.23. The van der Waals surface area contributed by atoms with Crippen molar-refractivity contribution in [2.45, 2.75) is 84.3 Å². The number of fused-ring (bicyclic) bond motifs is 5. The van der Waals surface area contributed by atoms with Crippen LogP contribution in [-0.2, 0) is 0 Å². The van der Waals surface area contributed by atoms with E-state index < -0.39 is 0 Å². The summed E-state index contributed by atoms with van der Waals surface area (Å²) in [5.74, 6) is 2.60. The van der Waals surface area contributed by atoms with Crippen LogP contribution in [0, 0.1) is 34.5 Å². The van der Waals surface area contributed by atoms with E-state index in [2.05, 4.69) is 39.0 Å². The van der Waals surface area contributed by atoms with Crippen molar-refractivity contribution >= 4 is 0 Å². The summed E-state index contributed by atoms with van der Waals surface area (Å²) in [5, 5.41) is 21.0. The molecule has 0 aliphatic heterocycles. The predicted molar refractivity (Wildman–Crippen MR) is 102 cm³/mol. The fourth-order valence-corrected chi connectivity index (χ4v) is 7.30. The summed E-state index contributed by atoms with van der Waals surface area (Å²) in [6.45, 7) is 7.05. The molecule has 2 nitrogen and oxygen atoms in total. The van der Waals surface area contributed by atoms with Gasteiger partial charge in [0.05, 0.1) is 12.2 Å². The van der Waals surface area contributed by atoms with Crippen molar-refractivity contribution in [1.29, 1.82) is 0 Å². The molecule has 0 aromatic carbocycles. The van der Waals surface area contributed by atoms with Crippen LogP contribution in [0.5, 0.6) is 0 Å². The second-order valence-corrected chi connectivity index (χ2v) is 9.87. The first-order valence-electron chi connectivity index (χ1n) is 10.6. The van der Waals surface area contributed by atoms with Gasteiger partial charge in [0, 0.05) is 0 Å². The highest BCUT2D eigenvalue weighted by molar-refractivity contribution is 5.26. The maximum absolute atomic E-state index is 10.9. The number of allylic oxidation sites excluding steroid dienone is 3. The lowest BCUT2D eigenvalue weighted by molar-refractivity contribution is -0.0759. The van der Waals surface area contributed by atoms with Crippen molar-refractivity contribution in [2.24, 2.45) is 34.5 Å². The van der Waals surface area contributed by atoms with Gasteiger partial charge in [-0.1, -0.05) is 44.6 Å². The molecule has 0 aromatic heterocycles. The molecule has 0 heterocycles. The van der Waals surface area contributed by atoms with E-state index in [0.29, 0.717) is 17.8 Å². The van der Waals surface area contributed by atoms with Gasteiger partial charge in [-0.05, 0) is 85.9 Å². The van der Waals surface area contributed by atoms with E-state index in [0.717, 1.165) is 44.4 Å². The number of aliphatic hydroxyl groups is 2. The van der Waals surface area contributed by atoms with Crippen LogP contribution < -0.4 is 0 Å². The van der Waals surface area contributed by atoms with Crippen LogP contribution in [0.4, 0.5) is 0 Å². The summed E-state index contributed by atoms with van der Waals surface area (Å²) in [6, 6.07) is 0. The molecule has 2 heteroatoms. The zero-order chi connectivity index (χ0) is 17.8. The van der Waals surface area contributed by atoms with Gasteiger partial charge in [-0.2, -0.15) is 0 Å². The molecule has 2 N–H and O–H groups in total. The Kier molecular flexibility index (Phi) is 4.44. The molecule has 3 unspecified atom stereocenters. The maximum atomic E-state index is 10.9. The lowest BCUT2D eigenvalue weighted by Crippen LogP contribution is -2.52. The molecule has 0 amide bonds. The summed E-state index contributed by atoms with van der Waals surface area (Å²) in [4.78, 5) is 0.